The van der Waals surface area contributed by atoms with Crippen LogP contribution in [0.15, 0.2) is 24.3 Å². The van der Waals surface area contributed by atoms with Gasteiger partial charge in [-0.2, -0.15) is 0 Å². The summed E-state index contributed by atoms with van der Waals surface area (Å²) in [4.78, 5) is 2.52. The van der Waals surface area contributed by atoms with Crippen LogP contribution in [-0.2, 0) is 0 Å². The van der Waals surface area contributed by atoms with Gasteiger partial charge in [0.2, 0.25) is 0 Å². The number of benzene rings is 1. The number of halogens is 1. The quantitative estimate of drug-likeness (QED) is 0.829. The van der Waals surface area contributed by atoms with E-state index in [0.717, 1.165) is 12.5 Å². The average molecular weight is 358 g/mol. The van der Waals surface area contributed by atoms with E-state index in [4.69, 9.17) is 0 Å². The fraction of sp³-hybridized carbons (Fsp3) is 0.600. The molecule has 1 aliphatic rings. The van der Waals surface area contributed by atoms with E-state index < -0.39 is 0 Å². The molecule has 1 aromatic carbocycles. The van der Waals surface area contributed by atoms with Crippen LogP contribution in [0, 0.1) is 9.49 Å². The molecule has 2 unspecified atom stereocenters. The first-order valence-electron chi connectivity index (χ1n) is 6.94. The number of piperidine rings is 1. The highest BCUT2D eigenvalue weighted by molar-refractivity contribution is 14.1. The molecule has 0 spiro atoms. The second-order valence-electron chi connectivity index (χ2n) is 5.25. The van der Waals surface area contributed by atoms with E-state index in [2.05, 4.69) is 70.9 Å². The van der Waals surface area contributed by atoms with E-state index >= 15 is 0 Å². The molecule has 0 saturated carbocycles. The smallest absolute Gasteiger partial charge is 0.0367 e. The van der Waals surface area contributed by atoms with Gasteiger partial charge in [-0.25, -0.2) is 0 Å². The lowest BCUT2D eigenvalue weighted by Gasteiger charge is -2.38. The molecule has 18 heavy (non-hydrogen) atoms. The molecule has 0 aliphatic carbocycles. The van der Waals surface area contributed by atoms with E-state index in [1.54, 1.807) is 0 Å². The van der Waals surface area contributed by atoms with Gasteiger partial charge in [0, 0.05) is 28.4 Å². The summed E-state index contributed by atoms with van der Waals surface area (Å²) in [5, 5.41) is 3.67. The van der Waals surface area contributed by atoms with Crippen molar-refractivity contribution in [3.05, 3.63) is 27.8 Å². The Hall–Kier alpha value is -0.290. The minimum atomic E-state index is 0.699. The van der Waals surface area contributed by atoms with Crippen molar-refractivity contribution in [1.82, 2.24) is 5.32 Å². The zero-order valence-electron chi connectivity index (χ0n) is 11.3. The summed E-state index contributed by atoms with van der Waals surface area (Å²) in [6, 6.07) is 9.58. The van der Waals surface area contributed by atoms with Crippen molar-refractivity contribution in [2.75, 3.05) is 24.5 Å². The summed E-state index contributed by atoms with van der Waals surface area (Å²) >= 11 is 2.36. The maximum Gasteiger partial charge on any atom is 0.0367 e. The molecule has 3 heteroatoms. The van der Waals surface area contributed by atoms with Gasteiger partial charge >= 0.3 is 0 Å². The number of rotatable bonds is 4. The van der Waals surface area contributed by atoms with Crippen LogP contribution in [-0.4, -0.2) is 25.7 Å². The molecule has 1 fully saturated rings. The molecule has 1 heterocycles. The van der Waals surface area contributed by atoms with Crippen molar-refractivity contribution in [1.29, 1.82) is 0 Å². The number of hydrogen-bond acceptors (Lipinski definition) is 2. The Kier molecular flexibility index (Phi) is 5.30. The van der Waals surface area contributed by atoms with Crippen molar-refractivity contribution in [2.24, 2.45) is 5.92 Å². The van der Waals surface area contributed by atoms with Gasteiger partial charge < -0.3 is 10.2 Å². The van der Waals surface area contributed by atoms with E-state index in [1.807, 2.05) is 0 Å². The number of nitrogens with zero attached hydrogens (tertiary/aromatic N) is 1. The molecular formula is C15H23IN2. The lowest BCUT2D eigenvalue weighted by atomic mass is 9.93. The third kappa shape index (κ3) is 3.60. The fourth-order valence-corrected chi connectivity index (χ4v) is 3.02. The molecule has 2 nitrogen and oxygen atoms in total. The molecule has 0 amide bonds. The first-order chi connectivity index (χ1) is 8.70. The molecule has 2 atom stereocenters. The standard InChI is InChI=1S/C15H23IN2/c1-3-9-17-15-8-10-18(11-12(15)2)14-6-4-13(16)5-7-14/h4-7,12,15,17H,3,8-11H2,1-2H3. The zero-order chi connectivity index (χ0) is 13.0. The van der Waals surface area contributed by atoms with Gasteiger partial charge in [-0.15, -0.1) is 0 Å². The summed E-state index contributed by atoms with van der Waals surface area (Å²) in [7, 11) is 0. The van der Waals surface area contributed by atoms with Crippen LogP contribution in [0.25, 0.3) is 0 Å². The zero-order valence-corrected chi connectivity index (χ0v) is 13.5. The third-order valence-corrected chi connectivity index (χ3v) is 4.47. The number of anilines is 1. The maximum atomic E-state index is 3.67. The first kappa shape index (κ1) is 14.1. The predicted molar refractivity (Wildman–Crippen MR) is 87.2 cm³/mol. The Morgan fingerprint density at radius 1 is 1.33 bits per heavy atom. The lowest BCUT2D eigenvalue weighted by Crippen LogP contribution is -2.48. The summed E-state index contributed by atoms with van der Waals surface area (Å²) in [6.45, 7) is 8.09. The Balaban J connectivity index is 1.93. The number of nitrogens with one attached hydrogen (secondary N) is 1. The molecule has 1 N–H and O–H groups in total. The topological polar surface area (TPSA) is 15.3 Å². The van der Waals surface area contributed by atoms with Gasteiger partial charge in [0.15, 0.2) is 0 Å². The average Bonchev–Trinajstić information content (AvgIpc) is 2.38. The highest BCUT2D eigenvalue weighted by Crippen LogP contribution is 2.24. The normalized spacial score (nSPS) is 24.3. The van der Waals surface area contributed by atoms with E-state index in [0.29, 0.717) is 6.04 Å². The minimum Gasteiger partial charge on any atom is -0.371 e. The van der Waals surface area contributed by atoms with Gasteiger partial charge in [0.1, 0.15) is 0 Å². The van der Waals surface area contributed by atoms with E-state index in [1.165, 1.54) is 35.2 Å². The lowest BCUT2D eigenvalue weighted by molar-refractivity contribution is 0.322. The summed E-state index contributed by atoms with van der Waals surface area (Å²) in [6.07, 6.45) is 2.48. The Morgan fingerprint density at radius 2 is 2.06 bits per heavy atom. The van der Waals surface area contributed by atoms with Gasteiger partial charge in [0.25, 0.3) is 0 Å². The second-order valence-corrected chi connectivity index (χ2v) is 6.49. The maximum absolute atomic E-state index is 3.67. The Morgan fingerprint density at radius 3 is 2.67 bits per heavy atom. The summed E-state index contributed by atoms with van der Waals surface area (Å²) < 4.78 is 1.31. The fourth-order valence-electron chi connectivity index (χ4n) is 2.66. The molecule has 0 bridgehead atoms. The molecule has 100 valence electrons. The van der Waals surface area contributed by atoms with Crippen LogP contribution in [0.5, 0.6) is 0 Å². The second kappa shape index (κ2) is 6.75. The molecular weight excluding hydrogens is 335 g/mol. The minimum absolute atomic E-state index is 0.699. The van der Waals surface area contributed by atoms with Crippen LogP contribution >= 0.6 is 22.6 Å². The van der Waals surface area contributed by atoms with Gasteiger partial charge in [0.05, 0.1) is 0 Å². The van der Waals surface area contributed by atoms with E-state index in [-0.39, 0.29) is 0 Å². The molecule has 1 aromatic rings. The van der Waals surface area contributed by atoms with Crippen LogP contribution in [0.4, 0.5) is 5.69 Å². The van der Waals surface area contributed by atoms with Crippen LogP contribution < -0.4 is 10.2 Å². The molecule has 1 saturated heterocycles. The monoisotopic (exact) mass is 358 g/mol. The summed E-state index contributed by atoms with van der Waals surface area (Å²) in [5.74, 6) is 0.726. The SMILES string of the molecule is CCCNC1CCN(c2ccc(I)cc2)CC1C. The van der Waals surface area contributed by atoms with Crippen molar-refractivity contribution in [3.63, 3.8) is 0 Å². The molecule has 0 radical (unpaired) electrons. The Bertz CT molecular complexity index is 363. The van der Waals surface area contributed by atoms with Gasteiger partial charge in [-0.3, -0.25) is 0 Å². The van der Waals surface area contributed by atoms with Gasteiger partial charge in [-0.05, 0) is 72.2 Å². The van der Waals surface area contributed by atoms with Gasteiger partial charge in [-0.1, -0.05) is 13.8 Å². The highest BCUT2D eigenvalue weighted by atomic mass is 127. The van der Waals surface area contributed by atoms with Crippen LogP contribution in [0.2, 0.25) is 0 Å². The Labute approximate surface area is 124 Å². The molecule has 0 aromatic heterocycles. The number of hydrogen-bond donors (Lipinski definition) is 1. The third-order valence-electron chi connectivity index (χ3n) is 3.75. The highest BCUT2D eigenvalue weighted by Gasteiger charge is 2.25. The van der Waals surface area contributed by atoms with Crippen molar-refractivity contribution in [2.45, 2.75) is 32.7 Å². The van der Waals surface area contributed by atoms with Crippen LogP contribution in [0.3, 0.4) is 0 Å². The first-order valence-corrected chi connectivity index (χ1v) is 8.02. The van der Waals surface area contributed by atoms with Crippen LogP contribution in [0.1, 0.15) is 26.7 Å². The molecule has 1 aliphatic heterocycles. The largest absolute Gasteiger partial charge is 0.371 e. The molecule has 2 rings (SSSR count). The van der Waals surface area contributed by atoms with Crippen molar-refractivity contribution < 1.29 is 0 Å². The van der Waals surface area contributed by atoms with Crippen molar-refractivity contribution in [3.8, 4) is 0 Å². The van der Waals surface area contributed by atoms with Crippen molar-refractivity contribution >= 4 is 28.3 Å². The predicted octanol–water partition coefficient (Wildman–Crippen LogP) is 3.51. The van der Waals surface area contributed by atoms with E-state index in [9.17, 15) is 0 Å². The summed E-state index contributed by atoms with van der Waals surface area (Å²) in [5.41, 5.74) is 1.37.